The molecule has 0 radical (unpaired) electrons. The smallest absolute Gasteiger partial charge is 0.416 e. The van der Waals surface area contributed by atoms with Crippen LogP contribution in [0.4, 0.5) is 18.0 Å². The van der Waals surface area contributed by atoms with Gasteiger partial charge in [-0.15, -0.1) is 11.8 Å². The molecule has 198 valence electrons. The normalized spacial score (nSPS) is 18.6. The van der Waals surface area contributed by atoms with Gasteiger partial charge in [0.15, 0.2) is 0 Å². The highest BCUT2D eigenvalue weighted by atomic mass is 32.2. The molecule has 1 spiro atoms. The fraction of sp³-hybridized carbons (Fsp3) is 0.481. The second kappa shape index (κ2) is 11.8. The maximum atomic E-state index is 13.0. The predicted octanol–water partition coefficient (Wildman–Crippen LogP) is 5.68. The van der Waals surface area contributed by atoms with E-state index in [9.17, 15) is 18.0 Å². The van der Waals surface area contributed by atoms with Crippen LogP contribution in [0.5, 0.6) is 0 Å². The lowest BCUT2D eigenvalue weighted by atomic mass is 9.91. The van der Waals surface area contributed by atoms with Gasteiger partial charge >= 0.3 is 12.3 Å². The lowest BCUT2D eigenvalue weighted by Crippen LogP contribution is -2.47. The number of benzene rings is 2. The Bertz CT molecular complexity index is 1100. The lowest BCUT2D eigenvalue weighted by molar-refractivity contribution is -0.137. The summed E-state index contributed by atoms with van der Waals surface area (Å²) in [6, 6.07) is 14.0. The van der Waals surface area contributed by atoms with Crippen LogP contribution >= 0.6 is 11.8 Å². The fourth-order valence-electron chi connectivity index (χ4n) is 4.85. The van der Waals surface area contributed by atoms with Crippen LogP contribution in [-0.4, -0.2) is 66.4 Å². The third-order valence-corrected chi connectivity index (χ3v) is 7.45. The Hall–Kier alpha value is -2.74. The molecule has 0 bridgehead atoms. The predicted molar refractivity (Wildman–Crippen MR) is 135 cm³/mol. The summed E-state index contributed by atoms with van der Waals surface area (Å²) in [7, 11) is 0. The number of halogens is 3. The Balaban J connectivity index is 1.32. The number of piperidine rings is 1. The van der Waals surface area contributed by atoms with Crippen molar-refractivity contribution in [2.45, 2.75) is 37.1 Å². The van der Waals surface area contributed by atoms with Crippen LogP contribution in [0.3, 0.4) is 0 Å². The van der Waals surface area contributed by atoms with Gasteiger partial charge in [-0.3, -0.25) is 4.90 Å². The van der Waals surface area contributed by atoms with Crippen molar-refractivity contribution in [2.24, 2.45) is 0 Å². The molecular weight excluding hydrogens is 503 g/mol. The zero-order chi connectivity index (χ0) is 26.5. The summed E-state index contributed by atoms with van der Waals surface area (Å²) in [6.45, 7) is 3.54. The Labute approximate surface area is 219 Å². The minimum atomic E-state index is -4.40. The standard InChI is InChI=1S/C27H30F3N3O3S/c1-37-19-33-18-26(36-25(33)34)11-14-32(15-12-26)13-2-16-35-24(21-5-3-20(17-31)4-6-21)22-7-9-23(10-8-22)27(28,29)30/h3-10,24H,2,11-16,18-19H2,1H3. The number of alkyl halides is 3. The van der Waals surface area contributed by atoms with Gasteiger partial charge in [-0.2, -0.15) is 18.4 Å². The van der Waals surface area contributed by atoms with Crippen molar-refractivity contribution in [3.8, 4) is 6.07 Å². The summed E-state index contributed by atoms with van der Waals surface area (Å²) in [5.74, 6) is 0.640. The van der Waals surface area contributed by atoms with Crippen molar-refractivity contribution in [2.75, 3.05) is 44.9 Å². The van der Waals surface area contributed by atoms with E-state index in [0.717, 1.165) is 56.6 Å². The largest absolute Gasteiger partial charge is 0.441 e. The van der Waals surface area contributed by atoms with Crippen LogP contribution in [0, 0.1) is 11.3 Å². The van der Waals surface area contributed by atoms with Crippen LogP contribution in [0.25, 0.3) is 0 Å². The highest BCUT2D eigenvalue weighted by Crippen LogP contribution is 2.34. The van der Waals surface area contributed by atoms with Crippen molar-refractivity contribution >= 4 is 17.9 Å². The molecule has 0 aromatic heterocycles. The van der Waals surface area contributed by atoms with Gasteiger partial charge in [0, 0.05) is 39.1 Å². The highest BCUT2D eigenvalue weighted by molar-refractivity contribution is 7.98. The van der Waals surface area contributed by atoms with E-state index in [1.54, 1.807) is 40.9 Å². The first-order valence-electron chi connectivity index (χ1n) is 12.2. The van der Waals surface area contributed by atoms with Crippen molar-refractivity contribution in [3.05, 3.63) is 70.8 Å². The summed E-state index contributed by atoms with van der Waals surface area (Å²) in [5, 5.41) is 9.09. The molecule has 10 heteroatoms. The van der Waals surface area contributed by atoms with Crippen LogP contribution in [0.1, 0.15) is 47.6 Å². The maximum absolute atomic E-state index is 13.0. The molecule has 2 aromatic rings. The summed E-state index contributed by atoms with van der Waals surface area (Å²) in [4.78, 5) is 16.2. The number of likely N-dealkylation sites (tertiary alicyclic amines) is 1. The first kappa shape index (κ1) is 27.3. The molecule has 2 aliphatic heterocycles. The lowest BCUT2D eigenvalue weighted by Gasteiger charge is -2.37. The molecule has 0 aliphatic carbocycles. The van der Waals surface area contributed by atoms with E-state index in [1.165, 1.54) is 12.1 Å². The van der Waals surface area contributed by atoms with Gasteiger partial charge in [-0.25, -0.2) is 4.79 Å². The molecule has 2 heterocycles. The fourth-order valence-corrected chi connectivity index (χ4v) is 5.35. The number of rotatable bonds is 9. The molecule has 2 fully saturated rings. The van der Waals surface area contributed by atoms with E-state index in [1.807, 2.05) is 6.26 Å². The second-order valence-electron chi connectivity index (χ2n) is 9.47. The molecule has 0 saturated carbocycles. The van der Waals surface area contributed by atoms with Gasteiger partial charge in [0.05, 0.1) is 29.6 Å². The summed E-state index contributed by atoms with van der Waals surface area (Å²) < 4.78 is 51.0. The first-order chi connectivity index (χ1) is 17.7. The van der Waals surface area contributed by atoms with E-state index >= 15 is 0 Å². The Morgan fingerprint density at radius 2 is 1.73 bits per heavy atom. The Morgan fingerprint density at radius 3 is 2.30 bits per heavy atom. The molecule has 1 unspecified atom stereocenters. The average Bonchev–Trinajstić information content (AvgIpc) is 3.19. The minimum absolute atomic E-state index is 0.228. The van der Waals surface area contributed by atoms with Gasteiger partial charge < -0.3 is 14.4 Å². The van der Waals surface area contributed by atoms with Gasteiger partial charge in [0.1, 0.15) is 11.7 Å². The van der Waals surface area contributed by atoms with Gasteiger partial charge in [0.25, 0.3) is 0 Å². The molecule has 6 nitrogen and oxygen atoms in total. The van der Waals surface area contributed by atoms with Crippen LogP contribution in [0.15, 0.2) is 48.5 Å². The van der Waals surface area contributed by atoms with Crippen molar-refractivity contribution in [3.63, 3.8) is 0 Å². The van der Waals surface area contributed by atoms with Gasteiger partial charge in [-0.1, -0.05) is 24.3 Å². The Morgan fingerprint density at radius 1 is 1.11 bits per heavy atom. The number of nitrogens with zero attached hydrogens (tertiary/aromatic N) is 3. The topological polar surface area (TPSA) is 65.8 Å². The third-order valence-electron chi connectivity index (χ3n) is 6.88. The van der Waals surface area contributed by atoms with E-state index in [4.69, 9.17) is 14.7 Å². The van der Waals surface area contributed by atoms with Crippen molar-refractivity contribution in [1.29, 1.82) is 5.26 Å². The Kier molecular flexibility index (Phi) is 8.67. The molecule has 2 saturated heterocycles. The van der Waals surface area contributed by atoms with Crippen LogP contribution in [-0.2, 0) is 15.7 Å². The molecule has 37 heavy (non-hydrogen) atoms. The van der Waals surface area contributed by atoms with Gasteiger partial charge in [-0.05, 0) is 48.1 Å². The van der Waals surface area contributed by atoms with Crippen LogP contribution in [0.2, 0.25) is 0 Å². The van der Waals surface area contributed by atoms with Crippen LogP contribution < -0.4 is 0 Å². The molecule has 0 N–H and O–H groups in total. The monoisotopic (exact) mass is 533 g/mol. The summed E-state index contributed by atoms with van der Waals surface area (Å²) >= 11 is 1.60. The van der Waals surface area contributed by atoms with Gasteiger partial charge in [0.2, 0.25) is 0 Å². The van der Waals surface area contributed by atoms with E-state index in [-0.39, 0.29) is 11.7 Å². The minimum Gasteiger partial charge on any atom is -0.441 e. The van der Waals surface area contributed by atoms with Crippen molar-refractivity contribution < 1.29 is 27.4 Å². The van der Waals surface area contributed by atoms with E-state index in [0.29, 0.717) is 30.2 Å². The van der Waals surface area contributed by atoms with E-state index < -0.39 is 17.8 Å². The number of ether oxygens (including phenoxy) is 2. The second-order valence-corrected chi connectivity index (χ2v) is 10.3. The summed E-state index contributed by atoms with van der Waals surface area (Å²) in [5.41, 5.74) is 0.805. The maximum Gasteiger partial charge on any atom is 0.416 e. The number of hydrogen-bond donors (Lipinski definition) is 0. The SMILES string of the molecule is CSCN1CC2(CCN(CCCOC(c3ccc(C#N)cc3)c3ccc(C(F)(F)F)cc3)CC2)OC1=O. The zero-order valence-electron chi connectivity index (χ0n) is 20.7. The van der Waals surface area contributed by atoms with Crippen molar-refractivity contribution in [1.82, 2.24) is 9.80 Å². The quantitative estimate of drug-likeness (QED) is 0.387. The third kappa shape index (κ3) is 6.78. The number of nitriles is 1. The molecule has 2 aromatic carbocycles. The first-order valence-corrected chi connectivity index (χ1v) is 13.6. The molecule has 1 amide bonds. The highest BCUT2D eigenvalue weighted by Gasteiger charge is 2.46. The molecule has 2 aliphatic rings. The number of carbonyl (C=O) groups excluding carboxylic acids is 1. The average molecular weight is 534 g/mol. The number of carbonyl (C=O) groups is 1. The van der Waals surface area contributed by atoms with E-state index in [2.05, 4.69) is 11.0 Å². The molecular formula is C27H30F3N3O3S. The number of thioether (sulfide) groups is 1. The summed E-state index contributed by atoms with van der Waals surface area (Å²) in [6.07, 6.45) is -0.868. The molecule has 4 rings (SSSR count). The number of hydrogen-bond acceptors (Lipinski definition) is 6. The molecule has 1 atom stereocenters. The zero-order valence-corrected chi connectivity index (χ0v) is 21.5. The number of amides is 1.